The third-order valence-electron chi connectivity index (χ3n) is 5.10. The number of aryl methyl sites for hydroxylation is 1. The third kappa shape index (κ3) is 3.49. The Morgan fingerprint density at radius 2 is 2.23 bits per heavy atom. The topological polar surface area (TPSA) is 36.4 Å². The molecular formula is C18H27N3O. The number of rotatable bonds is 7. The SMILES string of the molecule is CCCCCN1CC2CN(C(=O)CCc3cccnc3)CC21. The fourth-order valence-electron chi connectivity index (χ4n) is 3.73. The number of likely N-dealkylation sites (tertiary alicyclic amines) is 2. The molecule has 4 heteroatoms. The van der Waals surface area contributed by atoms with Gasteiger partial charge >= 0.3 is 0 Å². The largest absolute Gasteiger partial charge is 0.341 e. The molecule has 0 bridgehead atoms. The summed E-state index contributed by atoms with van der Waals surface area (Å²) in [5.74, 6) is 1.04. The molecule has 0 aliphatic carbocycles. The van der Waals surface area contributed by atoms with Crippen LogP contribution in [0.15, 0.2) is 24.5 Å². The molecule has 2 aliphatic rings. The van der Waals surface area contributed by atoms with Gasteiger partial charge in [0, 0.05) is 50.4 Å². The van der Waals surface area contributed by atoms with Crippen molar-refractivity contribution >= 4 is 5.91 Å². The molecule has 2 aliphatic heterocycles. The highest BCUT2D eigenvalue weighted by Gasteiger charge is 2.45. The van der Waals surface area contributed by atoms with Crippen molar-refractivity contribution in [2.24, 2.45) is 5.92 Å². The van der Waals surface area contributed by atoms with E-state index in [1.165, 1.54) is 32.4 Å². The van der Waals surface area contributed by atoms with Crippen molar-refractivity contribution in [3.05, 3.63) is 30.1 Å². The van der Waals surface area contributed by atoms with Crippen LogP contribution in [0.2, 0.25) is 0 Å². The van der Waals surface area contributed by atoms with Gasteiger partial charge in [0.25, 0.3) is 0 Å². The Labute approximate surface area is 133 Å². The zero-order valence-electron chi connectivity index (χ0n) is 13.6. The normalized spacial score (nSPS) is 24.1. The molecule has 3 rings (SSSR count). The molecule has 1 aromatic heterocycles. The van der Waals surface area contributed by atoms with E-state index in [9.17, 15) is 4.79 Å². The van der Waals surface area contributed by atoms with Crippen molar-refractivity contribution < 1.29 is 4.79 Å². The number of hydrogen-bond donors (Lipinski definition) is 0. The quantitative estimate of drug-likeness (QED) is 0.725. The van der Waals surface area contributed by atoms with Gasteiger partial charge < -0.3 is 4.90 Å². The summed E-state index contributed by atoms with van der Waals surface area (Å²) in [5, 5.41) is 0. The first-order valence-electron chi connectivity index (χ1n) is 8.68. The van der Waals surface area contributed by atoms with E-state index in [-0.39, 0.29) is 0 Å². The highest BCUT2D eigenvalue weighted by atomic mass is 16.2. The van der Waals surface area contributed by atoms with Crippen LogP contribution in [0.5, 0.6) is 0 Å². The van der Waals surface area contributed by atoms with Gasteiger partial charge in [-0.3, -0.25) is 14.7 Å². The molecule has 2 atom stereocenters. The summed E-state index contributed by atoms with van der Waals surface area (Å²) < 4.78 is 0. The lowest BCUT2D eigenvalue weighted by Gasteiger charge is -2.43. The molecule has 2 fully saturated rings. The number of pyridine rings is 1. The van der Waals surface area contributed by atoms with Crippen LogP contribution in [0.1, 0.15) is 38.2 Å². The van der Waals surface area contributed by atoms with Crippen molar-refractivity contribution in [1.82, 2.24) is 14.8 Å². The predicted octanol–water partition coefficient (Wildman–Crippen LogP) is 2.35. The number of fused-ring (bicyclic) bond motifs is 1. The van der Waals surface area contributed by atoms with Gasteiger partial charge in [-0.2, -0.15) is 0 Å². The number of carbonyl (C=O) groups is 1. The van der Waals surface area contributed by atoms with E-state index in [4.69, 9.17) is 0 Å². The molecule has 0 saturated carbocycles. The zero-order chi connectivity index (χ0) is 15.4. The highest BCUT2D eigenvalue weighted by Crippen LogP contribution is 2.32. The first kappa shape index (κ1) is 15.5. The average molecular weight is 301 g/mol. The van der Waals surface area contributed by atoms with E-state index in [0.717, 1.165) is 31.0 Å². The van der Waals surface area contributed by atoms with Crippen LogP contribution >= 0.6 is 0 Å². The highest BCUT2D eigenvalue weighted by molar-refractivity contribution is 5.77. The number of carbonyl (C=O) groups excluding carboxylic acids is 1. The van der Waals surface area contributed by atoms with Crippen molar-refractivity contribution in [2.75, 3.05) is 26.2 Å². The molecule has 2 unspecified atom stereocenters. The van der Waals surface area contributed by atoms with Crippen LogP contribution in [0.25, 0.3) is 0 Å². The van der Waals surface area contributed by atoms with Crippen LogP contribution in [-0.4, -0.2) is 52.9 Å². The number of hydrogen-bond acceptors (Lipinski definition) is 3. The molecule has 1 aromatic rings. The molecule has 0 radical (unpaired) electrons. The maximum Gasteiger partial charge on any atom is 0.222 e. The van der Waals surface area contributed by atoms with Crippen LogP contribution < -0.4 is 0 Å². The van der Waals surface area contributed by atoms with Gasteiger partial charge in [-0.25, -0.2) is 0 Å². The molecule has 2 saturated heterocycles. The maximum atomic E-state index is 12.4. The van der Waals surface area contributed by atoms with Crippen LogP contribution in [0.3, 0.4) is 0 Å². The molecule has 0 N–H and O–H groups in total. The Morgan fingerprint density at radius 3 is 3.00 bits per heavy atom. The van der Waals surface area contributed by atoms with Gasteiger partial charge in [-0.1, -0.05) is 25.8 Å². The molecule has 4 nitrogen and oxygen atoms in total. The van der Waals surface area contributed by atoms with Gasteiger partial charge in [-0.05, 0) is 31.0 Å². The van der Waals surface area contributed by atoms with Gasteiger partial charge in [0.15, 0.2) is 0 Å². The Balaban J connectivity index is 1.42. The van der Waals surface area contributed by atoms with E-state index >= 15 is 0 Å². The second-order valence-electron chi connectivity index (χ2n) is 6.69. The van der Waals surface area contributed by atoms with Gasteiger partial charge in [-0.15, -0.1) is 0 Å². The van der Waals surface area contributed by atoms with E-state index in [0.29, 0.717) is 18.4 Å². The maximum absolute atomic E-state index is 12.4. The van der Waals surface area contributed by atoms with E-state index < -0.39 is 0 Å². The summed E-state index contributed by atoms with van der Waals surface area (Å²) in [6, 6.07) is 4.62. The molecular weight excluding hydrogens is 274 g/mol. The summed E-state index contributed by atoms with van der Waals surface area (Å²) in [6.45, 7) is 6.58. The summed E-state index contributed by atoms with van der Waals surface area (Å²) in [6.07, 6.45) is 8.95. The van der Waals surface area contributed by atoms with Gasteiger partial charge in [0.05, 0.1) is 0 Å². The predicted molar refractivity (Wildman–Crippen MR) is 87.5 cm³/mol. The smallest absolute Gasteiger partial charge is 0.222 e. The zero-order valence-corrected chi connectivity index (χ0v) is 13.6. The molecule has 3 heterocycles. The molecule has 0 aromatic carbocycles. The van der Waals surface area contributed by atoms with E-state index in [2.05, 4.69) is 21.7 Å². The average Bonchev–Trinajstić information content (AvgIpc) is 2.88. The second-order valence-corrected chi connectivity index (χ2v) is 6.69. The minimum absolute atomic E-state index is 0.312. The van der Waals surface area contributed by atoms with Crippen molar-refractivity contribution in [1.29, 1.82) is 0 Å². The summed E-state index contributed by atoms with van der Waals surface area (Å²) in [7, 11) is 0. The first-order valence-corrected chi connectivity index (χ1v) is 8.68. The van der Waals surface area contributed by atoms with Crippen molar-refractivity contribution in [3.63, 3.8) is 0 Å². The Kier molecular flexibility index (Phi) is 5.08. The summed E-state index contributed by atoms with van der Waals surface area (Å²) in [5.41, 5.74) is 1.15. The lowest BCUT2D eigenvalue weighted by Crippen LogP contribution is -2.55. The van der Waals surface area contributed by atoms with Gasteiger partial charge in [0.1, 0.15) is 0 Å². The lowest BCUT2D eigenvalue weighted by atomic mass is 9.92. The van der Waals surface area contributed by atoms with E-state index in [1.807, 2.05) is 18.3 Å². The van der Waals surface area contributed by atoms with Crippen LogP contribution in [0.4, 0.5) is 0 Å². The van der Waals surface area contributed by atoms with Crippen LogP contribution in [0, 0.1) is 5.92 Å². The van der Waals surface area contributed by atoms with Crippen LogP contribution in [-0.2, 0) is 11.2 Å². The Hall–Kier alpha value is -1.42. The number of unbranched alkanes of at least 4 members (excludes halogenated alkanes) is 2. The molecule has 1 amide bonds. The number of aromatic nitrogens is 1. The monoisotopic (exact) mass is 301 g/mol. The Bertz CT molecular complexity index is 490. The minimum Gasteiger partial charge on any atom is -0.341 e. The minimum atomic E-state index is 0.312. The first-order chi connectivity index (χ1) is 10.8. The van der Waals surface area contributed by atoms with Gasteiger partial charge in [0.2, 0.25) is 5.91 Å². The molecule has 120 valence electrons. The second kappa shape index (κ2) is 7.23. The fourth-order valence-corrected chi connectivity index (χ4v) is 3.73. The Morgan fingerprint density at radius 1 is 1.32 bits per heavy atom. The van der Waals surface area contributed by atoms with Crippen molar-refractivity contribution in [3.8, 4) is 0 Å². The summed E-state index contributed by atoms with van der Waals surface area (Å²) >= 11 is 0. The fraction of sp³-hybridized carbons (Fsp3) is 0.667. The standard InChI is InChI=1S/C18H27N3O/c1-2-3-4-10-20-12-16-13-21(14-17(16)20)18(22)8-7-15-6-5-9-19-11-15/h5-6,9,11,16-17H,2-4,7-8,10,12-14H2,1H3. The molecule has 22 heavy (non-hydrogen) atoms. The summed E-state index contributed by atoms with van der Waals surface area (Å²) in [4.78, 5) is 21.2. The van der Waals surface area contributed by atoms with E-state index in [1.54, 1.807) is 6.20 Å². The van der Waals surface area contributed by atoms with Crippen molar-refractivity contribution in [2.45, 2.75) is 45.1 Å². The molecule has 0 spiro atoms. The lowest BCUT2D eigenvalue weighted by molar-refractivity contribution is -0.130. The third-order valence-corrected chi connectivity index (χ3v) is 5.10. The number of nitrogens with zero attached hydrogens (tertiary/aromatic N) is 3. The number of amides is 1.